The monoisotopic (exact) mass is 358 g/mol. The molecule has 5 heteroatoms. The Bertz CT molecular complexity index is 487. The van der Waals surface area contributed by atoms with Crippen LogP contribution in [0.3, 0.4) is 0 Å². The van der Waals surface area contributed by atoms with E-state index in [9.17, 15) is 5.11 Å². The highest BCUT2D eigenvalue weighted by Crippen LogP contribution is 2.46. The van der Waals surface area contributed by atoms with E-state index in [0.29, 0.717) is 17.0 Å². The Morgan fingerprint density at radius 3 is 2.60 bits per heavy atom. The van der Waals surface area contributed by atoms with Crippen LogP contribution < -0.4 is 5.32 Å². The lowest BCUT2D eigenvalue weighted by atomic mass is 9.76. The molecule has 1 aromatic carbocycles. The highest BCUT2D eigenvalue weighted by molar-refractivity contribution is 9.10. The van der Waals surface area contributed by atoms with E-state index in [4.69, 9.17) is 11.6 Å². The summed E-state index contributed by atoms with van der Waals surface area (Å²) in [7, 11) is 0. The van der Waals surface area contributed by atoms with Gasteiger partial charge < -0.3 is 10.4 Å². The molecular weight excluding hydrogens is 340 g/mol. The fourth-order valence-corrected chi connectivity index (χ4v) is 4.11. The van der Waals surface area contributed by atoms with E-state index in [2.05, 4.69) is 26.1 Å². The van der Waals surface area contributed by atoms with Crippen molar-refractivity contribution < 1.29 is 5.11 Å². The first-order valence-electron chi connectivity index (χ1n) is 7.29. The third-order valence-corrected chi connectivity index (χ3v) is 5.26. The molecule has 0 radical (unpaired) electrons. The third-order valence-electron chi connectivity index (χ3n) is 4.52. The van der Waals surface area contributed by atoms with Crippen LogP contribution in [0, 0.1) is 5.92 Å². The maximum atomic E-state index is 10.4. The zero-order chi connectivity index (χ0) is 14.1. The van der Waals surface area contributed by atoms with Gasteiger partial charge in [0, 0.05) is 42.3 Å². The smallest absolute Gasteiger partial charge is 0.139 e. The lowest BCUT2D eigenvalue weighted by molar-refractivity contribution is 0.0819. The minimum atomic E-state index is 0.255. The van der Waals surface area contributed by atoms with Crippen LogP contribution >= 0.6 is 27.5 Å². The molecule has 1 heterocycles. The Balaban J connectivity index is 1.96. The van der Waals surface area contributed by atoms with Gasteiger partial charge in [-0.1, -0.05) is 34.0 Å². The number of rotatable bonds is 3. The fourth-order valence-electron chi connectivity index (χ4n) is 3.28. The Hall–Kier alpha value is -0.290. The van der Waals surface area contributed by atoms with Gasteiger partial charge in [0.1, 0.15) is 5.75 Å². The van der Waals surface area contributed by atoms with Crippen molar-refractivity contribution in [2.45, 2.75) is 25.3 Å². The largest absolute Gasteiger partial charge is 0.506 e. The van der Waals surface area contributed by atoms with Gasteiger partial charge in [0.25, 0.3) is 0 Å². The Labute approximate surface area is 133 Å². The molecule has 0 spiro atoms. The summed E-state index contributed by atoms with van der Waals surface area (Å²) in [5.41, 5.74) is 0.982. The van der Waals surface area contributed by atoms with Gasteiger partial charge in [-0.25, -0.2) is 0 Å². The molecule has 2 aliphatic rings. The molecule has 1 atom stereocenters. The minimum absolute atomic E-state index is 0.255. The van der Waals surface area contributed by atoms with E-state index in [1.54, 1.807) is 6.07 Å². The fraction of sp³-hybridized carbons (Fsp3) is 0.600. The van der Waals surface area contributed by atoms with Crippen LogP contribution in [0.15, 0.2) is 16.6 Å². The SMILES string of the molecule is Oc1c(Cl)cc(Br)cc1[C@H](C1CCC1)N1CCNCC1. The molecule has 1 saturated carbocycles. The van der Waals surface area contributed by atoms with Crippen LogP contribution in [0.2, 0.25) is 5.02 Å². The number of aromatic hydroxyl groups is 1. The maximum absolute atomic E-state index is 10.4. The van der Waals surface area contributed by atoms with Gasteiger partial charge in [0.2, 0.25) is 0 Å². The first-order chi connectivity index (χ1) is 9.66. The van der Waals surface area contributed by atoms with Crippen molar-refractivity contribution in [2.24, 2.45) is 5.92 Å². The number of phenolic OH excluding ortho intramolecular Hbond substituents is 1. The lowest BCUT2D eigenvalue weighted by Crippen LogP contribution is -2.47. The zero-order valence-electron chi connectivity index (χ0n) is 11.4. The van der Waals surface area contributed by atoms with E-state index in [-0.39, 0.29) is 5.75 Å². The summed E-state index contributed by atoms with van der Waals surface area (Å²) in [6.45, 7) is 4.10. The van der Waals surface area contributed by atoms with Crippen LogP contribution in [-0.4, -0.2) is 36.2 Å². The van der Waals surface area contributed by atoms with E-state index in [1.807, 2.05) is 6.07 Å². The highest BCUT2D eigenvalue weighted by Gasteiger charge is 2.35. The summed E-state index contributed by atoms with van der Waals surface area (Å²) < 4.78 is 0.940. The second-order valence-electron chi connectivity index (χ2n) is 5.75. The predicted octanol–water partition coefficient (Wildman–Crippen LogP) is 3.55. The summed E-state index contributed by atoms with van der Waals surface area (Å²) in [6, 6.07) is 4.09. The number of nitrogens with one attached hydrogen (secondary N) is 1. The zero-order valence-corrected chi connectivity index (χ0v) is 13.8. The van der Waals surface area contributed by atoms with E-state index in [1.165, 1.54) is 19.3 Å². The van der Waals surface area contributed by atoms with Crippen molar-refractivity contribution in [3.8, 4) is 5.75 Å². The number of hydrogen-bond donors (Lipinski definition) is 2. The molecule has 1 aliphatic carbocycles. The van der Waals surface area contributed by atoms with Gasteiger partial charge in [-0.3, -0.25) is 4.90 Å². The number of benzene rings is 1. The second kappa shape index (κ2) is 6.22. The van der Waals surface area contributed by atoms with Crippen molar-refractivity contribution in [1.82, 2.24) is 10.2 Å². The second-order valence-corrected chi connectivity index (χ2v) is 7.07. The molecule has 0 unspecified atom stereocenters. The van der Waals surface area contributed by atoms with Crippen LogP contribution in [0.4, 0.5) is 0 Å². The Morgan fingerprint density at radius 2 is 2.00 bits per heavy atom. The molecule has 1 aliphatic heterocycles. The molecular formula is C15H20BrClN2O. The van der Waals surface area contributed by atoms with Gasteiger partial charge >= 0.3 is 0 Å². The minimum Gasteiger partial charge on any atom is -0.506 e. The number of halogens is 2. The average Bonchev–Trinajstić information content (AvgIpc) is 2.39. The van der Waals surface area contributed by atoms with Crippen LogP contribution in [0.1, 0.15) is 30.9 Å². The lowest BCUT2D eigenvalue weighted by Gasteiger charge is -2.43. The van der Waals surface area contributed by atoms with Crippen LogP contribution in [0.5, 0.6) is 5.75 Å². The molecule has 20 heavy (non-hydrogen) atoms. The number of hydrogen-bond acceptors (Lipinski definition) is 3. The molecule has 2 N–H and O–H groups in total. The number of piperazine rings is 1. The first-order valence-corrected chi connectivity index (χ1v) is 8.46. The van der Waals surface area contributed by atoms with E-state index in [0.717, 1.165) is 36.2 Å². The topological polar surface area (TPSA) is 35.5 Å². The van der Waals surface area contributed by atoms with Gasteiger partial charge in [0.15, 0.2) is 0 Å². The molecule has 0 amide bonds. The van der Waals surface area contributed by atoms with Crippen molar-refractivity contribution in [2.75, 3.05) is 26.2 Å². The van der Waals surface area contributed by atoms with Gasteiger partial charge in [-0.2, -0.15) is 0 Å². The first kappa shape index (κ1) is 14.6. The number of nitrogens with zero attached hydrogens (tertiary/aromatic N) is 1. The van der Waals surface area contributed by atoms with Crippen molar-refractivity contribution in [3.05, 3.63) is 27.2 Å². The van der Waals surface area contributed by atoms with Gasteiger partial charge in [-0.15, -0.1) is 0 Å². The van der Waals surface area contributed by atoms with Crippen molar-refractivity contribution in [3.63, 3.8) is 0 Å². The van der Waals surface area contributed by atoms with Crippen LogP contribution in [-0.2, 0) is 0 Å². The molecule has 0 bridgehead atoms. The van der Waals surface area contributed by atoms with Crippen LogP contribution in [0.25, 0.3) is 0 Å². The van der Waals surface area contributed by atoms with Crippen molar-refractivity contribution >= 4 is 27.5 Å². The summed E-state index contributed by atoms with van der Waals surface area (Å²) in [4.78, 5) is 2.50. The molecule has 2 fully saturated rings. The average molecular weight is 360 g/mol. The molecule has 1 aromatic rings. The normalized spacial score (nSPS) is 22.5. The van der Waals surface area contributed by atoms with Crippen molar-refractivity contribution in [1.29, 1.82) is 0 Å². The van der Waals surface area contributed by atoms with E-state index < -0.39 is 0 Å². The summed E-state index contributed by atoms with van der Waals surface area (Å²) >= 11 is 9.66. The Kier molecular flexibility index (Phi) is 4.55. The summed E-state index contributed by atoms with van der Waals surface area (Å²) in [5, 5.41) is 14.2. The predicted molar refractivity (Wildman–Crippen MR) is 85.3 cm³/mol. The van der Waals surface area contributed by atoms with Gasteiger partial charge in [0.05, 0.1) is 5.02 Å². The molecule has 3 rings (SSSR count). The standard InChI is InChI=1S/C15H20BrClN2O/c16-11-8-12(15(20)13(17)9-11)14(10-2-1-3-10)19-6-4-18-5-7-19/h8-10,14,18,20H,1-7H2/t14-/m0/s1. The van der Waals surface area contributed by atoms with E-state index >= 15 is 0 Å². The molecule has 0 aromatic heterocycles. The summed E-state index contributed by atoms with van der Waals surface area (Å²) in [6.07, 6.45) is 3.80. The molecule has 3 nitrogen and oxygen atoms in total. The Morgan fingerprint density at radius 1 is 1.30 bits per heavy atom. The quantitative estimate of drug-likeness (QED) is 0.866. The summed E-state index contributed by atoms with van der Waals surface area (Å²) in [5.74, 6) is 0.898. The third kappa shape index (κ3) is 2.84. The van der Waals surface area contributed by atoms with Gasteiger partial charge in [-0.05, 0) is 30.9 Å². The highest BCUT2D eigenvalue weighted by atomic mass is 79.9. The maximum Gasteiger partial charge on any atom is 0.139 e. The number of phenols is 1. The molecule has 110 valence electrons. The molecule has 1 saturated heterocycles.